The summed E-state index contributed by atoms with van der Waals surface area (Å²) in [5.74, 6) is -1.15. The lowest BCUT2D eigenvalue weighted by atomic mass is 9.98. The molecular formula is C18H12BrF2N3O2. The SMILES string of the molecule is O=[N+]([O-])c1ncc(Br)cc1NC(c1ccc(F)cc1)c1ccc(F)cc1. The van der Waals surface area contributed by atoms with Gasteiger partial charge < -0.3 is 15.4 Å². The van der Waals surface area contributed by atoms with Crippen molar-refractivity contribution in [3.05, 3.63) is 98.1 Å². The maximum atomic E-state index is 13.3. The van der Waals surface area contributed by atoms with Crippen molar-refractivity contribution in [2.75, 3.05) is 5.32 Å². The van der Waals surface area contributed by atoms with E-state index in [0.29, 0.717) is 15.6 Å². The molecule has 0 aliphatic heterocycles. The van der Waals surface area contributed by atoms with E-state index in [4.69, 9.17) is 0 Å². The van der Waals surface area contributed by atoms with Gasteiger partial charge in [0.15, 0.2) is 6.20 Å². The second-order valence-corrected chi connectivity index (χ2v) is 6.38. The highest BCUT2D eigenvalue weighted by molar-refractivity contribution is 9.10. The third-order valence-corrected chi connectivity index (χ3v) is 4.15. The average Bonchev–Trinajstić information content (AvgIpc) is 2.61. The number of benzene rings is 2. The Hall–Kier alpha value is -2.87. The Bertz CT molecular complexity index is 889. The van der Waals surface area contributed by atoms with Crippen LogP contribution >= 0.6 is 15.9 Å². The normalized spacial score (nSPS) is 10.8. The molecule has 0 saturated heterocycles. The van der Waals surface area contributed by atoms with Gasteiger partial charge in [-0.15, -0.1) is 0 Å². The minimum absolute atomic E-state index is 0.183. The molecule has 26 heavy (non-hydrogen) atoms. The van der Waals surface area contributed by atoms with Crippen LogP contribution < -0.4 is 5.32 Å². The van der Waals surface area contributed by atoms with Gasteiger partial charge in [-0.1, -0.05) is 24.3 Å². The number of nitro groups is 1. The van der Waals surface area contributed by atoms with Crippen molar-refractivity contribution in [3.8, 4) is 0 Å². The van der Waals surface area contributed by atoms with E-state index in [-0.39, 0.29) is 11.5 Å². The van der Waals surface area contributed by atoms with Crippen molar-refractivity contribution in [2.24, 2.45) is 0 Å². The van der Waals surface area contributed by atoms with Crippen LogP contribution in [-0.4, -0.2) is 9.91 Å². The maximum absolute atomic E-state index is 13.3. The van der Waals surface area contributed by atoms with Crippen LogP contribution in [0.1, 0.15) is 17.2 Å². The molecule has 132 valence electrons. The molecule has 1 aromatic heterocycles. The van der Waals surface area contributed by atoms with Crippen LogP contribution in [0.25, 0.3) is 0 Å². The summed E-state index contributed by atoms with van der Waals surface area (Å²) in [6.45, 7) is 0. The lowest BCUT2D eigenvalue weighted by Gasteiger charge is -2.21. The molecule has 0 spiro atoms. The molecule has 0 bridgehead atoms. The van der Waals surface area contributed by atoms with Crippen LogP contribution in [0.5, 0.6) is 0 Å². The van der Waals surface area contributed by atoms with Gasteiger partial charge in [-0.3, -0.25) is 0 Å². The molecule has 0 aliphatic carbocycles. The van der Waals surface area contributed by atoms with Crippen LogP contribution in [0.4, 0.5) is 20.3 Å². The maximum Gasteiger partial charge on any atom is 0.387 e. The fourth-order valence-electron chi connectivity index (χ4n) is 2.51. The minimum atomic E-state index is -0.596. The molecule has 3 aromatic rings. The van der Waals surface area contributed by atoms with Crippen LogP contribution in [0, 0.1) is 21.7 Å². The zero-order valence-electron chi connectivity index (χ0n) is 13.2. The summed E-state index contributed by atoms with van der Waals surface area (Å²) in [7, 11) is 0. The molecule has 1 heterocycles. The molecular weight excluding hydrogens is 408 g/mol. The summed E-state index contributed by atoms with van der Waals surface area (Å²) in [5, 5.41) is 14.3. The molecule has 3 rings (SSSR count). The Morgan fingerprint density at radius 2 is 1.50 bits per heavy atom. The topological polar surface area (TPSA) is 68.1 Å². The van der Waals surface area contributed by atoms with Crippen molar-refractivity contribution in [3.63, 3.8) is 0 Å². The monoisotopic (exact) mass is 419 g/mol. The highest BCUT2D eigenvalue weighted by Crippen LogP contribution is 2.32. The number of hydrogen-bond acceptors (Lipinski definition) is 4. The molecule has 0 aliphatic rings. The molecule has 8 heteroatoms. The predicted molar refractivity (Wildman–Crippen MR) is 96.9 cm³/mol. The Morgan fingerprint density at radius 1 is 1.00 bits per heavy atom. The van der Waals surface area contributed by atoms with E-state index < -0.39 is 22.6 Å². The van der Waals surface area contributed by atoms with Gasteiger partial charge in [0.05, 0.1) is 10.5 Å². The van der Waals surface area contributed by atoms with Crippen molar-refractivity contribution < 1.29 is 13.7 Å². The summed E-state index contributed by atoms with van der Waals surface area (Å²) < 4.78 is 27.1. The quantitative estimate of drug-likeness (QED) is 0.453. The number of nitrogens with zero attached hydrogens (tertiary/aromatic N) is 2. The van der Waals surface area contributed by atoms with E-state index in [2.05, 4.69) is 26.2 Å². The first-order valence-electron chi connectivity index (χ1n) is 7.51. The largest absolute Gasteiger partial charge is 0.387 e. The van der Waals surface area contributed by atoms with E-state index in [9.17, 15) is 18.9 Å². The second-order valence-electron chi connectivity index (χ2n) is 5.46. The zero-order valence-corrected chi connectivity index (χ0v) is 14.8. The van der Waals surface area contributed by atoms with Gasteiger partial charge in [-0.25, -0.2) is 8.78 Å². The summed E-state index contributed by atoms with van der Waals surface area (Å²) in [6.07, 6.45) is 1.33. The number of nitrogens with one attached hydrogen (secondary N) is 1. The number of pyridine rings is 1. The number of anilines is 1. The van der Waals surface area contributed by atoms with E-state index in [1.807, 2.05) is 0 Å². The Balaban J connectivity index is 2.07. The van der Waals surface area contributed by atoms with Crippen molar-refractivity contribution in [1.29, 1.82) is 0 Å². The summed E-state index contributed by atoms with van der Waals surface area (Å²) in [6, 6.07) is 12.4. The molecule has 1 N–H and O–H groups in total. The predicted octanol–water partition coefficient (Wildman–Crippen LogP) is 5.23. The highest BCUT2D eigenvalue weighted by atomic mass is 79.9. The summed E-state index contributed by atoms with van der Waals surface area (Å²) in [5.41, 5.74) is 1.50. The first-order chi connectivity index (χ1) is 12.4. The Morgan fingerprint density at radius 3 is 1.96 bits per heavy atom. The van der Waals surface area contributed by atoms with Crippen molar-refractivity contribution in [2.45, 2.75) is 6.04 Å². The van der Waals surface area contributed by atoms with Gasteiger partial charge in [0.2, 0.25) is 0 Å². The minimum Gasteiger partial charge on any atom is -0.367 e. The van der Waals surface area contributed by atoms with E-state index >= 15 is 0 Å². The van der Waals surface area contributed by atoms with Crippen molar-refractivity contribution >= 4 is 27.4 Å². The zero-order chi connectivity index (χ0) is 18.7. The summed E-state index contributed by atoms with van der Waals surface area (Å²) in [4.78, 5) is 14.5. The van der Waals surface area contributed by atoms with Crippen LogP contribution in [0.3, 0.4) is 0 Å². The first-order valence-corrected chi connectivity index (χ1v) is 8.31. The van der Waals surface area contributed by atoms with Crippen molar-refractivity contribution in [1.82, 2.24) is 4.98 Å². The molecule has 5 nitrogen and oxygen atoms in total. The van der Waals surface area contributed by atoms with Crippen LogP contribution in [0.2, 0.25) is 0 Å². The number of rotatable bonds is 5. The Labute approximate surface area is 156 Å². The molecule has 2 aromatic carbocycles. The van der Waals surface area contributed by atoms with Gasteiger partial charge in [0.25, 0.3) is 0 Å². The van der Waals surface area contributed by atoms with Gasteiger partial charge in [0.1, 0.15) is 17.3 Å². The van der Waals surface area contributed by atoms with Gasteiger partial charge in [0, 0.05) is 0 Å². The fraction of sp³-hybridized carbons (Fsp3) is 0.0556. The Kier molecular flexibility index (Phi) is 5.22. The van der Waals surface area contributed by atoms with Gasteiger partial charge >= 0.3 is 5.82 Å². The smallest absolute Gasteiger partial charge is 0.367 e. The second kappa shape index (κ2) is 7.57. The first kappa shape index (κ1) is 17.9. The van der Waals surface area contributed by atoms with E-state index in [0.717, 1.165) is 0 Å². The van der Waals surface area contributed by atoms with Gasteiger partial charge in [-0.05, 0) is 67.3 Å². The molecule has 0 saturated carbocycles. The molecule has 0 atom stereocenters. The third-order valence-electron chi connectivity index (χ3n) is 3.71. The number of aromatic nitrogens is 1. The van der Waals surface area contributed by atoms with E-state index in [1.54, 1.807) is 24.3 Å². The fourth-order valence-corrected chi connectivity index (χ4v) is 2.84. The number of halogens is 3. The number of hydrogen-bond donors (Lipinski definition) is 1. The lowest BCUT2D eigenvalue weighted by molar-refractivity contribution is -0.388. The average molecular weight is 420 g/mol. The van der Waals surface area contributed by atoms with E-state index in [1.165, 1.54) is 36.5 Å². The highest BCUT2D eigenvalue weighted by Gasteiger charge is 2.21. The molecule has 0 fully saturated rings. The molecule has 0 radical (unpaired) electrons. The third kappa shape index (κ3) is 4.02. The lowest BCUT2D eigenvalue weighted by Crippen LogP contribution is -2.14. The van der Waals surface area contributed by atoms with Gasteiger partial charge in [-0.2, -0.15) is 0 Å². The van der Waals surface area contributed by atoms with Crippen LogP contribution in [0.15, 0.2) is 65.3 Å². The van der Waals surface area contributed by atoms with Crippen LogP contribution in [-0.2, 0) is 0 Å². The molecule has 0 amide bonds. The standard InChI is InChI=1S/C18H12BrF2N3O2/c19-13-9-16(18(22-10-13)24(25)26)23-17(11-1-5-14(20)6-2-11)12-3-7-15(21)8-4-12/h1-10,17,23H. The summed E-state index contributed by atoms with van der Waals surface area (Å²) >= 11 is 3.24. The molecule has 0 unspecified atom stereocenters.